The SMILES string of the molecule is COc1ccc(CCC(=O)NCC(=O)NC2CCS(=O)(=O)C2)cc1OC. The van der Waals surface area contributed by atoms with Crippen molar-refractivity contribution in [1.82, 2.24) is 10.6 Å². The van der Waals surface area contributed by atoms with Crippen LogP contribution in [0, 0.1) is 0 Å². The molecule has 8 nitrogen and oxygen atoms in total. The Kier molecular flexibility index (Phi) is 6.84. The first-order valence-electron chi connectivity index (χ1n) is 8.30. The van der Waals surface area contributed by atoms with Crippen molar-refractivity contribution in [2.45, 2.75) is 25.3 Å². The number of hydrogen-bond acceptors (Lipinski definition) is 6. The lowest BCUT2D eigenvalue weighted by Gasteiger charge is -2.12. The molecule has 1 aromatic rings. The van der Waals surface area contributed by atoms with Crippen LogP contribution in [-0.2, 0) is 25.8 Å². The lowest BCUT2D eigenvalue weighted by atomic mass is 10.1. The Balaban J connectivity index is 1.73. The molecule has 9 heteroatoms. The van der Waals surface area contributed by atoms with Gasteiger partial charge in [0.1, 0.15) is 0 Å². The third-order valence-electron chi connectivity index (χ3n) is 4.13. The molecule has 1 unspecified atom stereocenters. The van der Waals surface area contributed by atoms with Crippen molar-refractivity contribution in [2.24, 2.45) is 0 Å². The van der Waals surface area contributed by atoms with Crippen LogP contribution in [0.4, 0.5) is 0 Å². The largest absolute Gasteiger partial charge is 0.493 e. The number of carbonyl (C=O) groups is 2. The second-order valence-corrected chi connectivity index (χ2v) is 8.36. The van der Waals surface area contributed by atoms with Gasteiger partial charge in [-0.25, -0.2) is 8.42 Å². The summed E-state index contributed by atoms with van der Waals surface area (Å²) in [5.41, 5.74) is 0.915. The van der Waals surface area contributed by atoms with Crippen LogP contribution in [0.15, 0.2) is 18.2 Å². The molecule has 1 aliphatic rings. The van der Waals surface area contributed by atoms with Gasteiger partial charge in [-0.05, 0) is 30.5 Å². The molecule has 0 aliphatic carbocycles. The average molecular weight is 384 g/mol. The van der Waals surface area contributed by atoms with Crippen molar-refractivity contribution < 1.29 is 27.5 Å². The minimum absolute atomic E-state index is 0.0357. The second kappa shape index (κ2) is 8.88. The zero-order valence-electron chi connectivity index (χ0n) is 14.9. The molecular weight excluding hydrogens is 360 g/mol. The van der Waals surface area contributed by atoms with Gasteiger partial charge in [0.15, 0.2) is 21.3 Å². The topological polar surface area (TPSA) is 111 Å². The summed E-state index contributed by atoms with van der Waals surface area (Å²) in [7, 11) is 0.0531. The first-order chi connectivity index (χ1) is 12.3. The number of hydrogen-bond donors (Lipinski definition) is 2. The Labute approximate surface area is 153 Å². The van der Waals surface area contributed by atoms with Crippen LogP contribution in [0.25, 0.3) is 0 Å². The van der Waals surface area contributed by atoms with Crippen molar-refractivity contribution in [2.75, 3.05) is 32.3 Å². The monoisotopic (exact) mass is 384 g/mol. The maximum absolute atomic E-state index is 11.9. The van der Waals surface area contributed by atoms with Crippen LogP contribution < -0.4 is 20.1 Å². The molecule has 1 aromatic carbocycles. The maximum Gasteiger partial charge on any atom is 0.239 e. The van der Waals surface area contributed by atoms with E-state index in [1.54, 1.807) is 26.4 Å². The van der Waals surface area contributed by atoms with Crippen molar-refractivity contribution in [3.8, 4) is 11.5 Å². The van der Waals surface area contributed by atoms with Crippen LogP contribution in [0.3, 0.4) is 0 Å². The highest BCUT2D eigenvalue weighted by molar-refractivity contribution is 7.91. The molecule has 1 heterocycles. The standard InChI is InChI=1S/C17H24N2O6S/c1-24-14-5-3-12(9-15(14)25-2)4-6-16(20)18-10-17(21)19-13-7-8-26(22,23)11-13/h3,5,9,13H,4,6-8,10-11H2,1-2H3,(H,18,20)(H,19,21). The fourth-order valence-corrected chi connectivity index (χ4v) is 4.42. The molecule has 0 saturated carbocycles. The molecule has 1 atom stereocenters. The molecule has 144 valence electrons. The van der Waals surface area contributed by atoms with Gasteiger partial charge in [0.2, 0.25) is 11.8 Å². The van der Waals surface area contributed by atoms with Gasteiger partial charge in [-0.1, -0.05) is 6.07 Å². The van der Waals surface area contributed by atoms with Crippen LogP contribution >= 0.6 is 0 Å². The molecule has 1 fully saturated rings. The predicted octanol–water partition coefficient (Wildman–Crippen LogP) is 0.0559. The summed E-state index contributed by atoms with van der Waals surface area (Å²) in [6, 6.07) is 5.06. The lowest BCUT2D eigenvalue weighted by Crippen LogP contribution is -2.42. The fourth-order valence-electron chi connectivity index (χ4n) is 2.75. The number of ether oxygens (including phenoxy) is 2. The van der Waals surface area contributed by atoms with Gasteiger partial charge < -0.3 is 20.1 Å². The fraction of sp³-hybridized carbons (Fsp3) is 0.529. The zero-order chi connectivity index (χ0) is 19.2. The summed E-state index contributed by atoms with van der Waals surface area (Å²) in [4.78, 5) is 23.7. The smallest absolute Gasteiger partial charge is 0.239 e. The van der Waals surface area contributed by atoms with Crippen LogP contribution in [0.1, 0.15) is 18.4 Å². The van der Waals surface area contributed by atoms with Crippen molar-refractivity contribution in [3.05, 3.63) is 23.8 Å². The highest BCUT2D eigenvalue weighted by Crippen LogP contribution is 2.27. The number of aryl methyl sites for hydroxylation is 1. The van der Waals surface area contributed by atoms with E-state index < -0.39 is 9.84 Å². The molecule has 26 heavy (non-hydrogen) atoms. The van der Waals surface area contributed by atoms with E-state index in [1.807, 2.05) is 6.07 Å². The Bertz CT molecular complexity index is 763. The first-order valence-corrected chi connectivity index (χ1v) is 10.1. The van der Waals surface area contributed by atoms with Crippen LogP contribution in [0.5, 0.6) is 11.5 Å². The van der Waals surface area contributed by atoms with E-state index in [4.69, 9.17) is 9.47 Å². The van der Waals surface area contributed by atoms with Gasteiger partial charge in [0.05, 0.1) is 32.3 Å². The lowest BCUT2D eigenvalue weighted by molar-refractivity contribution is -0.126. The molecule has 0 radical (unpaired) electrons. The maximum atomic E-state index is 11.9. The minimum atomic E-state index is -3.04. The molecule has 1 saturated heterocycles. The molecular formula is C17H24N2O6S. The summed E-state index contributed by atoms with van der Waals surface area (Å²) < 4.78 is 33.1. The van der Waals surface area contributed by atoms with Crippen molar-refractivity contribution in [1.29, 1.82) is 0 Å². The number of sulfone groups is 1. The predicted molar refractivity (Wildman–Crippen MR) is 96.1 cm³/mol. The van der Waals surface area contributed by atoms with Crippen molar-refractivity contribution >= 4 is 21.7 Å². The Morgan fingerprint density at radius 2 is 1.88 bits per heavy atom. The van der Waals surface area contributed by atoms with Crippen LogP contribution in [-0.4, -0.2) is 58.5 Å². The second-order valence-electron chi connectivity index (χ2n) is 6.13. The molecule has 2 amide bonds. The van der Waals surface area contributed by atoms with E-state index in [-0.39, 0.29) is 42.3 Å². The Morgan fingerprint density at radius 1 is 1.15 bits per heavy atom. The van der Waals surface area contributed by atoms with Gasteiger partial charge in [-0.2, -0.15) is 0 Å². The van der Waals surface area contributed by atoms with Crippen molar-refractivity contribution in [3.63, 3.8) is 0 Å². The van der Waals surface area contributed by atoms with E-state index in [2.05, 4.69) is 10.6 Å². The van der Waals surface area contributed by atoms with E-state index in [9.17, 15) is 18.0 Å². The molecule has 1 aliphatic heterocycles. The number of amides is 2. The Morgan fingerprint density at radius 3 is 2.50 bits per heavy atom. The molecule has 0 aromatic heterocycles. The summed E-state index contributed by atoms with van der Waals surface area (Å²) in [5.74, 6) is 0.630. The van der Waals surface area contributed by atoms with E-state index in [0.717, 1.165) is 5.56 Å². The zero-order valence-corrected chi connectivity index (χ0v) is 15.7. The summed E-state index contributed by atoms with van der Waals surface area (Å²) in [6.45, 7) is -0.165. The highest BCUT2D eigenvalue weighted by Gasteiger charge is 2.28. The number of carbonyl (C=O) groups excluding carboxylic acids is 2. The quantitative estimate of drug-likeness (QED) is 0.656. The molecule has 0 spiro atoms. The van der Waals surface area contributed by atoms with Gasteiger partial charge in [-0.15, -0.1) is 0 Å². The van der Waals surface area contributed by atoms with Crippen LogP contribution in [0.2, 0.25) is 0 Å². The van der Waals surface area contributed by atoms with Gasteiger partial charge in [0.25, 0.3) is 0 Å². The van der Waals surface area contributed by atoms with Gasteiger partial charge >= 0.3 is 0 Å². The normalized spacial score (nSPS) is 18.2. The number of methoxy groups -OCH3 is 2. The molecule has 0 bridgehead atoms. The number of nitrogens with one attached hydrogen (secondary N) is 2. The van der Waals surface area contributed by atoms with E-state index in [0.29, 0.717) is 24.3 Å². The minimum Gasteiger partial charge on any atom is -0.493 e. The number of rotatable bonds is 8. The summed E-state index contributed by atoms with van der Waals surface area (Å²) >= 11 is 0. The highest BCUT2D eigenvalue weighted by atomic mass is 32.2. The summed E-state index contributed by atoms with van der Waals surface area (Å²) in [5, 5.41) is 5.17. The third-order valence-corrected chi connectivity index (χ3v) is 5.90. The van der Waals surface area contributed by atoms with Gasteiger partial charge in [-0.3, -0.25) is 9.59 Å². The number of benzene rings is 1. The molecule has 2 N–H and O–H groups in total. The average Bonchev–Trinajstić information content (AvgIpc) is 2.96. The van der Waals surface area contributed by atoms with Gasteiger partial charge in [0, 0.05) is 12.5 Å². The summed E-state index contributed by atoms with van der Waals surface area (Å²) in [6.07, 6.45) is 1.14. The molecule has 2 rings (SSSR count). The Hall–Kier alpha value is -2.29. The first kappa shape index (κ1) is 20.0. The third kappa shape index (κ3) is 5.91. The van der Waals surface area contributed by atoms with E-state index >= 15 is 0 Å². The van der Waals surface area contributed by atoms with E-state index in [1.165, 1.54) is 0 Å².